The van der Waals surface area contributed by atoms with E-state index in [9.17, 15) is 19.5 Å². The Labute approximate surface area is 119 Å². The lowest BCUT2D eigenvalue weighted by molar-refractivity contribution is -0.145. The minimum atomic E-state index is -1.24. The first kappa shape index (κ1) is 18.2. The lowest BCUT2D eigenvalue weighted by Gasteiger charge is -2.28. The Kier molecular flexibility index (Phi) is 8.35. The Balaban J connectivity index is 4.10. The molecule has 0 aromatic heterocycles. The van der Waals surface area contributed by atoms with Crippen LogP contribution in [0.5, 0.6) is 0 Å². The Bertz CT molecular complexity index is 340. The highest BCUT2D eigenvalue weighted by atomic mass is 16.5. The average Bonchev–Trinajstić information content (AvgIpc) is 2.41. The molecule has 0 aromatic rings. The second-order valence-corrected chi connectivity index (χ2v) is 4.38. The van der Waals surface area contributed by atoms with Crippen molar-refractivity contribution in [3.05, 3.63) is 0 Å². The van der Waals surface area contributed by atoms with E-state index in [1.165, 1.54) is 0 Å². The van der Waals surface area contributed by atoms with Crippen LogP contribution in [0.1, 0.15) is 46.5 Å². The molecule has 0 aromatic carbocycles. The van der Waals surface area contributed by atoms with Crippen LogP contribution >= 0.6 is 0 Å². The number of carbonyl (C=O) groups is 3. The van der Waals surface area contributed by atoms with Gasteiger partial charge in [0.05, 0.1) is 6.61 Å². The molecule has 0 aliphatic heterocycles. The highest BCUT2D eigenvalue weighted by Crippen LogP contribution is 2.15. The van der Waals surface area contributed by atoms with Crippen molar-refractivity contribution in [3.8, 4) is 0 Å². The van der Waals surface area contributed by atoms with Crippen LogP contribution in [0.4, 0.5) is 4.79 Å². The van der Waals surface area contributed by atoms with E-state index in [-0.39, 0.29) is 18.9 Å². The van der Waals surface area contributed by atoms with Gasteiger partial charge >= 0.3 is 18.0 Å². The van der Waals surface area contributed by atoms with Gasteiger partial charge < -0.3 is 20.5 Å². The van der Waals surface area contributed by atoms with Crippen molar-refractivity contribution in [2.45, 2.75) is 52.0 Å². The maximum Gasteiger partial charge on any atom is 0.329 e. The number of nitrogens with one attached hydrogen (secondary N) is 2. The molecule has 0 bridgehead atoms. The molecule has 0 saturated heterocycles. The first-order valence-electron chi connectivity index (χ1n) is 6.86. The molecule has 0 aliphatic rings. The average molecular weight is 288 g/mol. The molecular weight excluding hydrogens is 264 g/mol. The van der Waals surface area contributed by atoms with E-state index in [4.69, 9.17) is 4.74 Å². The van der Waals surface area contributed by atoms with Gasteiger partial charge in [-0.3, -0.25) is 4.79 Å². The highest BCUT2D eigenvalue weighted by molar-refractivity contribution is 5.86. The largest absolute Gasteiger partial charge is 0.480 e. The number of esters is 1. The lowest BCUT2D eigenvalue weighted by atomic mass is 9.93. The predicted octanol–water partition coefficient (Wildman–Crippen LogP) is 1.27. The fourth-order valence-electron chi connectivity index (χ4n) is 1.71. The first-order valence-corrected chi connectivity index (χ1v) is 6.86. The summed E-state index contributed by atoms with van der Waals surface area (Å²) in [6.07, 6.45) is 1.27. The molecule has 0 fully saturated rings. The zero-order valence-electron chi connectivity index (χ0n) is 12.3. The normalized spacial score (nSPS) is 10.8. The maximum absolute atomic E-state index is 11.6. The molecule has 0 spiro atoms. The number of amides is 2. The molecule has 7 heteroatoms. The van der Waals surface area contributed by atoms with Gasteiger partial charge in [0.2, 0.25) is 0 Å². The zero-order chi connectivity index (χ0) is 15.6. The molecule has 0 atom stereocenters. The predicted molar refractivity (Wildman–Crippen MR) is 73.4 cm³/mol. The van der Waals surface area contributed by atoms with Crippen LogP contribution in [-0.4, -0.2) is 41.8 Å². The summed E-state index contributed by atoms with van der Waals surface area (Å²) < 4.78 is 4.75. The monoisotopic (exact) mass is 288 g/mol. The van der Waals surface area contributed by atoms with Gasteiger partial charge in [-0.15, -0.1) is 0 Å². The van der Waals surface area contributed by atoms with E-state index >= 15 is 0 Å². The summed E-state index contributed by atoms with van der Waals surface area (Å²) in [5, 5.41) is 14.2. The van der Waals surface area contributed by atoms with Gasteiger partial charge in [0.1, 0.15) is 5.54 Å². The van der Waals surface area contributed by atoms with E-state index in [0.717, 1.165) is 0 Å². The fourth-order valence-corrected chi connectivity index (χ4v) is 1.71. The Morgan fingerprint density at radius 1 is 1.15 bits per heavy atom. The highest BCUT2D eigenvalue weighted by Gasteiger charge is 2.36. The lowest BCUT2D eigenvalue weighted by Crippen LogP contribution is -2.56. The molecule has 3 N–H and O–H groups in total. The van der Waals surface area contributed by atoms with Crippen molar-refractivity contribution in [1.29, 1.82) is 0 Å². The van der Waals surface area contributed by atoms with Crippen molar-refractivity contribution < 1.29 is 24.2 Å². The van der Waals surface area contributed by atoms with Crippen LogP contribution in [0.15, 0.2) is 0 Å². The second-order valence-electron chi connectivity index (χ2n) is 4.38. The van der Waals surface area contributed by atoms with Gasteiger partial charge in [0, 0.05) is 13.0 Å². The van der Waals surface area contributed by atoms with Crippen molar-refractivity contribution in [2.24, 2.45) is 0 Å². The number of ether oxygens (including phenoxy) is 1. The van der Waals surface area contributed by atoms with Crippen LogP contribution in [0.2, 0.25) is 0 Å². The Morgan fingerprint density at radius 2 is 1.75 bits per heavy atom. The maximum atomic E-state index is 11.6. The van der Waals surface area contributed by atoms with Crippen LogP contribution in [0, 0.1) is 0 Å². The van der Waals surface area contributed by atoms with E-state index < -0.39 is 17.5 Å². The molecule has 0 saturated carbocycles. The molecule has 116 valence electrons. The van der Waals surface area contributed by atoms with Gasteiger partial charge in [0.25, 0.3) is 0 Å². The molecule has 0 unspecified atom stereocenters. The number of carboxylic acids is 1. The molecule has 0 heterocycles. The fraction of sp³-hybridized carbons (Fsp3) is 0.769. The number of carbonyl (C=O) groups excluding carboxylic acids is 2. The van der Waals surface area contributed by atoms with Gasteiger partial charge in [-0.25, -0.2) is 9.59 Å². The van der Waals surface area contributed by atoms with E-state index in [1.807, 2.05) is 0 Å². The van der Waals surface area contributed by atoms with Gasteiger partial charge in [-0.2, -0.15) is 0 Å². The van der Waals surface area contributed by atoms with Crippen molar-refractivity contribution >= 4 is 18.0 Å². The third kappa shape index (κ3) is 5.90. The quantitative estimate of drug-likeness (QED) is 0.438. The second kappa shape index (κ2) is 9.17. The zero-order valence-corrected chi connectivity index (χ0v) is 12.3. The molecule has 7 nitrogen and oxygen atoms in total. The number of hydrogen-bond donors (Lipinski definition) is 3. The van der Waals surface area contributed by atoms with E-state index in [1.54, 1.807) is 20.8 Å². The van der Waals surface area contributed by atoms with Crippen LogP contribution < -0.4 is 10.6 Å². The Hall–Kier alpha value is -1.79. The summed E-state index contributed by atoms with van der Waals surface area (Å²) in [7, 11) is 0. The number of carboxylic acid groups (broad SMARTS) is 1. The van der Waals surface area contributed by atoms with Crippen molar-refractivity contribution in [2.75, 3.05) is 13.2 Å². The van der Waals surface area contributed by atoms with Crippen LogP contribution in [-0.2, 0) is 14.3 Å². The molecule has 0 radical (unpaired) electrons. The topological polar surface area (TPSA) is 105 Å². The smallest absolute Gasteiger partial charge is 0.329 e. The number of urea groups is 1. The van der Waals surface area contributed by atoms with Gasteiger partial charge in [-0.1, -0.05) is 13.8 Å². The third-order valence-corrected chi connectivity index (χ3v) is 3.12. The summed E-state index contributed by atoms with van der Waals surface area (Å²) in [5.41, 5.74) is -1.24. The summed E-state index contributed by atoms with van der Waals surface area (Å²) in [4.78, 5) is 33.9. The first-order chi connectivity index (χ1) is 9.41. The summed E-state index contributed by atoms with van der Waals surface area (Å²) >= 11 is 0. The number of hydrogen-bond acceptors (Lipinski definition) is 4. The third-order valence-electron chi connectivity index (χ3n) is 3.12. The van der Waals surface area contributed by atoms with E-state index in [2.05, 4.69) is 10.6 Å². The number of aliphatic carboxylic acids is 1. The summed E-state index contributed by atoms with van der Waals surface area (Å²) in [6.45, 7) is 5.76. The van der Waals surface area contributed by atoms with Crippen LogP contribution in [0.3, 0.4) is 0 Å². The van der Waals surface area contributed by atoms with Crippen molar-refractivity contribution in [1.82, 2.24) is 10.6 Å². The number of rotatable bonds is 9. The standard InChI is InChI=1S/C13H24N2O5/c1-4-13(5-2,11(17)18)15-12(19)14-9-7-8-10(16)20-6-3/h4-9H2,1-3H3,(H,17,18)(H2,14,15,19). The van der Waals surface area contributed by atoms with Gasteiger partial charge in [-0.05, 0) is 26.2 Å². The molecular formula is C13H24N2O5. The Morgan fingerprint density at radius 3 is 2.20 bits per heavy atom. The minimum Gasteiger partial charge on any atom is -0.480 e. The SMILES string of the molecule is CCOC(=O)CCCNC(=O)NC(CC)(CC)C(=O)O. The summed E-state index contributed by atoms with van der Waals surface area (Å²) in [6, 6.07) is -0.542. The molecule has 0 aliphatic carbocycles. The van der Waals surface area contributed by atoms with Crippen molar-refractivity contribution in [3.63, 3.8) is 0 Å². The molecule has 0 rings (SSSR count). The van der Waals surface area contributed by atoms with E-state index in [0.29, 0.717) is 25.9 Å². The van der Waals surface area contributed by atoms with Gasteiger partial charge in [0.15, 0.2) is 0 Å². The summed E-state index contributed by atoms with van der Waals surface area (Å²) in [5.74, 6) is -1.36. The molecule has 20 heavy (non-hydrogen) atoms. The molecule has 2 amide bonds. The minimum absolute atomic E-state index is 0.222. The van der Waals surface area contributed by atoms with Crippen LogP contribution in [0.25, 0.3) is 0 Å².